The summed E-state index contributed by atoms with van der Waals surface area (Å²) in [7, 11) is 0. The first-order valence-corrected chi connectivity index (χ1v) is 10.1. The van der Waals surface area contributed by atoms with Crippen LogP contribution in [0.5, 0.6) is 5.75 Å². The van der Waals surface area contributed by atoms with Crippen molar-refractivity contribution in [3.63, 3.8) is 0 Å². The van der Waals surface area contributed by atoms with Crippen molar-refractivity contribution in [3.05, 3.63) is 75.8 Å². The summed E-state index contributed by atoms with van der Waals surface area (Å²) in [5.41, 5.74) is 2.11. The third-order valence-corrected chi connectivity index (χ3v) is 5.18. The van der Waals surface area contributed by atoms with Crippen molar-refractivity contribution < 1.29 is 4.74 Å². The first-order valence-electron chi connectivity index (χ1n) is 9.32. The Balaban J connectivity index is 0.00000280. The van der Waals surface area contributed by atoms with E-state index in [-0.39, 0.29) is 12.4 Å². The molecule has 0 fully saturated rings. The molecule has 0 saturated carbocycles. The van der Waals surface area contributed by atoms with Crippen molar-refractivity contribution in [2.24, 2.45) is 5.92 Å². The van der Waals surface area contributed by atoms with Gasteiger partial charge in [0.25, 0.3) is 0 Å². The number of rotatable bonds is 8. The maximum Gasteiger partial charge on any atom is 0.124 e. The Morgan fingerprint density at radius 1 is 1.00 bits per heavy atom. The lowest BCUT2D eigenvalue weighted by atomic mass is 10.0. The van der Waals surface area contributed by atoms with Gasteiger partial charge in [0.15, 0.2) is 0 Å². The van der Waals surface area contributed by atoms with Gasteiger partial charge in [0.1, 0.15) is 12.4 Å². The molecule has 0 aromatic heterocycles. The number of fused-ring (bicyclic) bond motifs is 1. The SMILES string of the molecule is CC(C)CCNCc1c(OCc2ccc(Cl)cc2Cl)ccc2ccccc12.Cl. The maximum atomic E-state index is 6.29. The minimum absolute atomic E-state index is 0. The Hall–Kier alpha value is -1.45. The van der Waals surface area contributed by atoms with Gasteiger partial charge in [-0.1, -0.05) is 73.4 Å². The minimum Gasteiger partial charge on any atom is -0.488 e. The van der Waals surface area contributed by atoms with Crippen LogP contribution < -0.4 is 10.1 Å². The van der Waals surface area contributed by atoms with Crippen molar-refractivity contribution in [2.45, 2.75) is 33.4 Å². The number of nitrogens with one attached hydrogen (secondary N) is 1. The number of benzene rings is 3. The zero-order chi connectivity index (χ0) is 19.2. The zero-order valence-electron chi connectivity index (χ0n) is 16.2. The summed E-state index contributed by atoms with van der Waals surface area (Å²) in [6.07, 6.45) is 1.15. The summed E-state index contributed by atoms with van der Waals surface area (Å²) in [5.74, 6) is 1.57. The summed E-state index contributed by atoms with van der Waals surface area (Å²) in [6, 6.07) is 18.1. The molecule has 3 aromatic rings. The second kappa shape index (κ2) is 10.9. The molecule has 3 rings (SSSR count). The van der Waals surface area contributed by atoms with E-state index in [1.807, 2.05) is 18.2 Å². The molecule has 0 aliphatic rings. The van der Waals surface area contributed by atoms with Crippen molar-refractivity contribution in [1.29, 1.82) is 0 Å². The highest BCUT2D eigenvalue weighted by molar-refractivity contribution is 6.35. The molecule has 150 valence electrons. The van der Waals surface area contributed by atoms with Gasteiger partial charge < -0.3 is 10.1 Å². The Kier molecular flexibility index (Phi) is 8.91. The summed E-state index contributed by atoms with van der Waals surface area (Å²) < 4.78 is 6.16. The van der Waals surface area contributed by atoms with Gasteiger partial charge >= 0.3 is 0 Å². The monoisotopic (exact) mass is 437 g/mol. The van der Waals surface area contributed by atoms with Crippen LogP contribution in [0, 0.1) is 5.92 Å². The average Bonchev–Trinajstić information content (AvgIpc) is 2.65. The van der Waals surface area contributed by atoms with Crippen LogP contribution in [-0.2, 0) is 13.2 Å². The van der Waals surface area contributed by atoms with E-state index in [4.69, 9.17) is 27.9 Å². The number of halogens is 3. The zero-order valence-corrected chi connectivity index (χ0v) is 18.5. The van der Waals surface area contributed by atoms with Crippen LogP contribution in [0.4, 0.5) is 0 Å². The van der Waals surface area contributed by atoms with E-state index in [2.05, 4.69) is 49.5 Å². The maximum absolute atomic E-state index is 6.29. The van der Waals surface area contributed by atoms with Gasteiger partial charge in [-0.3, -0.25) is 0 Å². The Bertz CT molecular complexity index is 911. The molecule has 0 bridgehead atoms. The van der Waals surface area contributed by atoms with Gasteiger partial charge in [-0.05, 0) is 47.9 Å². The van der Waals surface area contributed by atoms with E-state index in [0.717, 1.165) is 30.8 Å². The lowest BCUT2D eigenvalue weighted by Gasteiger charge is -2.16. The molecule has 0 radical (unpaired) electrons. The van der Waals surface area contributed by atoms with Crippen LogP contribution in [0.1, 0.15) is 31.4 Å². The fourth-order valence-electron chi connectivity index (χ4n) is 3.03. The Morgan fingerprint density at radius 2 is 1.79 bits per heavy atom. The predicted octanol–water partition coefficient (Wildman–Crippen LogP) is 7.28. The highest BCUT2D eigenvalue weighted by atomic mass is 35.5. The van der Waals surface area contributed by atoms with Crippen LogP contribution in [-0.4, -0.2) is 6.54 Å². The molecule has 3 aromatic carbocycles. The molecule has 1 N–H and O–H groups in total. The second-order valence-electron chi connectivity index (χ2n) is 7.15. The van der Waals surface area contributed by atoms with Crippen LogP contribution in [0.2, 0.25) is 10.0 Å². The molecule has 2 nitrogen and oxygen atoms in total. The molecule has 0 spiro atoms. The van der Waals surface area contributed by atoms with E-state index in [1.54, 1.807) is 6.07 Å². The van der Waals surface area contributed by atoms with E-state index in [0.29, 0.717) is 22.6 Å². The van der Waals surface area contributed by atoms with Crippen molar-refractivity contribution in [3.8, 4) is 5.75 Å². The van der Waals surface area contributed by atoms with Crippen LogP contribution >= 0.6 is 35.6 Å². The summed E-state index contributed by atoms with van der Waals surface area (Å²) >= 11 is 12.3. The number of hydrogen-bond donors (Lipinski definition) is 1. The highest BCUT2D eigenvalue weighted by Crippen LogP contribution is 2.30. The van der Waals surface area contributed by atoms with Crippen molar-refractivity contribution in [1.82, 2.24) is 5.32 Å². The molecule has 0 aliphatic carbocycles. The third-order valence-electron chi connectivity index (χ3n) is 4.60. The van der Waals surface area contributed by atoms with Gasteiger partial charge in [0, 0.05) is 27.7 Å². The van der Waals surface area contributed by atoms with Crippen LogP contribution in [0.3, 0.4) is 0 Å². The van der Waals surface area contributed by atoms with Crippen molar-refractivity contribution in [2.75, 3.05) is 6.54 Å². The molecular weight excluding hydrogens is 413 g/mol. The number of hydrogen-bond acceptors (Lipinski definition) is 2. The van der Waals surface area contributed by atoms with E-state index >= 15 is 0 Å². The van der Waals surface area contributed by atoms with Gasteiger partial charge in [-0.25, -0.2) is 0 Å². The van der Waals surface area contributed by atoms with Crippen LogP contribution in [0.25, 0.3) is 10.8 Å². The largest absolute Gasteiger partial charge is 0.488 e. The van der Waals surface area contributed by atoms with Gasteiger partial charge in [0.05, 0.1) is 0 Å². The standard InChI is InChI=1S/C23H25Cl2NO.ClH/c1-16(2)11-12-26-14-21-20-6-4-3-5-17(20)8-10-23(21)27-15-18-7-9-19(24)13-22(18)25;/h3-10,13,16,26H,11-12,14-15H2,1-2H3;1H. The first kappa shape index (κ1) is 22.8. The molecule has 28 heavy (non-hydrogen) atoms. The normalized spacial score (nSPS) is 10.9. The quantitative estimate of drug-likeness (QED) is 0.373. The number of ether oxygens (including phenoxy) is 1. The van der Waals surface area contributed by atoms with Gasteiger partial charge in [0.2, 0.25) is 0 Å². The second-order valence-corrected chi connectivity index (χ2v) is 7.99. The smallest absolute Gasteiger partial charge is 0.124 e. The summed E-state index contributed by atoms with van der Waals surface area (Å²) in [4.78, 5) is 0. The minimum atomic E-state index is 0. The molecule has 0 saturated heterocycles. The van der Waals surface area contributed by atoms with E-state index < -0.39 is 0 Å². The Morgan fingerprint density at radius 3 is 2.54 bits per heavy atom. The average molecular weight is 439 g/mol. The third kappa shape index (κ3) is 6.02. The van der Waals surface area contributed by atoms with Crippen LogP contribution in [0.15, 0.2) is 54.6 Å². The summed E-state index contributed by atoms with van der Waals surface area (Å²) in [6.45, 7) is 6.66. The molecule has 5 heteroatoms. The van der Waals surface area contributed by atoms with E-state index in [9.17, 15) is 0 Å². The fourth-order valence-corrected chi connectivity index (χ4v) is 3.49. The molecule has 0 heterocycles. The Labute approximate surface area is 183 Å². The van der Waals surface area contributed by atoms with Gasteiger partial charge in [-0.2, -0.15) is 0 Å². The van der Waals surface area contributed by atoms with Gasteiger partial charge in [-0.15, -0.1) is 12.4 Å². The predicted molar refractivity (Wildman–Crippen MR) is 123 cm³/mol. The summed E-state index contributed by atoms with van der Waals surface area (Å²) in [5, 5.41) is 7.25. The highest BCUT2D eigenvalue weighted by Gasteiger charge is 2.10. The lowest BCUT2D eigenvalue weighted by molar-refractivity contribution is 0.302. The molecule has 0 atom stereocenters. The molecule has 0 aliphatic heterocycles. The molecule has 0 unspecified atom stereocenters. The molecular formula is C23H26Cl3NO. The molecule has 0 amide bonds. The first-order chi connectivity index (χ1) is 13.0. The van der Waals surface area contributed by atoms with Crippen molar-refractivity contribution >= 4 is 46.4 Å². The fraction of sp³-hybridized carbons (Fsp3) is 0.304. The lowest BCUT2D eigenvalue weighted by Crippen LogP contribution is -2.17. The van der Waals surface area contributed by atoms with E-state index in [1.165, 1.54) is 16.3 Å². The topological polar surface area (TPSA) is 21.3 Å².